The molecule has 2 N–H and O–H groups in total. The number of anilines is 1. The molecule has 1 unspecified atom stereocenters. The van der Waals surface area contributed by atoms with Crippen molar-refractivity contribution in [3.8, 4) is 5.75 Å². The van der Waals surface area contributed by atoms with Crippen molar-refractivity contribution >= 4 is 32.6 Å². The van der Waals surface area contributed by atoms with Gasteiger partial charge in [-0.1, -0.05) is 11.3 Å². The highest BCUT2D eigenvalue weighted by Gasteiger charge is 2.30. The lowest BCUT2D eigenvalue weighted by Crippen LogP contribution is -2.43. The van der Waals surface area contributed by atoms with Gasteiger partial charge in [-0.3, -0.25) is 4.79 Å². The summed E-state index contributed by atoms with van der Waals surface area (Å²) in [6.07, 6.45) is 2.80. The fourth-order valence-electron chi connectivity index (χ4n) is 3.53. The van der Waals surface area contributed by atoms with Crippen molar-refractivity contribution in [3.63, 3.8) is 0 Å². The predicted molar refractivity (Wildman–Crippen MR) is 108 cm³/mol. The normalized spacial score (nSPS) is 19.0. The summed E-state index contributed by atoms with van der Waals surface area (Å²) in [6.45, 7) is 1.84. The molecule has 1 aliphatic rings. The molecule has 1 aromatic carbocycles. The minimum Gasteiger partial charge on any atom is -0.494 e. The summed E-state index contributed by atoms with van der Waals surface area (Å²) < 4.78 is 19.5. The van der Waals surface area contributed by atoms with E-state index in [1.165, 1.54) is 30.6 Å². The molecule has 1 amide bonds. The number of benzene rings is 1. The Hall–Kier alpha value is -2.74. The Morgan fingerprint density at radius 2 is 2.04 bits per heavy atom. The van der Waals surface area contributed by atoms with Gasteiger partial charge in [0.1, 0.15) is 11.6 Å². The molecule has 2 heterocycles. The van der Waals surface area contributed by atoms with E-state index < -0.39 is 0 Å². The number of thiazole rings is 1. The van der Waals surface area contributed by atoms with Crippen LogP contribution in [-0.4, -0.2) is 35.1 Å². The third-order valence-corrected chi connectivity index (χ3v) is 5.87. The summed E-state index contributed by atoms with van der Waals surface area (Å²) in [6, 6.07) is 8.16. The van der Waals surface area contributed by atoms with Gasteiger partial charge in [0.05, 0.1) is 17.3 Å². The van der Waals surface area contributed by atoms with Crippen LogP contribution in [0.5, 0.6) is 5.75 Å². The fourth-order valence-corrected chi connectivity index (χ4v) is 4.48. The number of carbonyl (C=O) groups excluding carboxylic acids is 1. The summed E-state index contributed by atoms with van der Waals surface area (Å²) in [4.78, 5) is 21.6. The monoisotopic (exact) mass is 400 g/mol. The molecule has 0 saturated heterocycles. The van der Waals surface area contributed by atoms with Gasteiger partial charge in [0.15, 0.2) is 10.8 Å². The maximum Gasteiger partial charge on any atom is 0.274 e. The van der Waals surface area contributed by atoms with Gasteiger partial charge in [-0.05, 0) is 56.5 Å². The summed E-state index contributed by atoms with van der Waals surface area (Å²) in [5.41, 5.74) is 1.82. The van der Waals surface area contributed by atoms with E-state index in [9.17, 15) is 9.18 Å². The number of aryl methyl sites for hydroxylation is 1. The SMILES string of the molecule is COc1ccc(C)nc1C(=O)NC1CCC[C@@H]1Nc1nc2ccc(F)cc2s1. The Balaban J connectivity index is 1.48. The number of hydrogen-bond acceptors (Lipinski definition) is 6. The summed E-state index contributed by atoms with van der Waals surface area (Å²) in [7, 11) is 1.53. The second-order valence-corrected chi connectivity index (χ2v) is 7.93. The molecule has 2 atom stereocenters. The molecule has 2 aromatic heterocycles. The van der Waals surface area contributed by atoms with Crippen LogP contribution in [-0.2, 0) is 0 Å². The van der Waals surface area contributed by atoms with Crippen LogP contribution >= 0.6 is 11.3 Å². The average molecular weight is 400 g/mol. The first-order valence-corrected chi connectivity index (χ1v) is 10.0. The van der Waals surface area contributed by atoms with Crippen LogP contribution in [0.2, 0.25) is 0 Å². The van der Waals surface area contributed by atoms with Gasteiger partial charge < -0.3 is 15.4 Å². The molecule has 0 spiro atoms. The van der Waals surface area contributed by atoms with Gasteiger partial charge in [0.2, 0.25) is 0 Å². The minimum atomic E-state index is -0.270. The second-order valence-electron chi connectivity index (χ2n) is 6.90. The lowest BCUT2D eigenvalue weighted by atomic mass is 10.1. The maximum atomic E-state index is 13.4. The number of fused-ring (bicyclic) bond motifs is 1. The number of hydrogen-bond donors (Lipinski definition) is 2. The van der Waals surface area contributed by atoms with E-state index >= 15 is 0 Å². The van der Waals surface area contributed by atoms with Gasteiger partial charge in [-0.15, -0.1) is 0 Å². The lowest BCUT2D eigenvalue weighted by molar-refractivity contribution is 0.0927. The number of methoxy groups -OCH3 is 1. The Morgan fingerprint density at radius 1 is 1.21 bits per heavy atom. The fraction of sp³-hybridized carbons (Fsp3) is 0.350. The van der Waals surface area contributed by atoms with Crippen molar-refractivity contribution in [1.29, 1.82) is 0 Å². The van der Waals surface area contributed by atoms with Gasteiger partial charge in [0.25, 0.3) is 5.91 Å². The van der Waals surface area contributed by atoms with E-state index in [1.54, 1.807) is 12.1 Å². The highest BCUT2D eigenvalue weighted by molar-refractivity contribution is 7.22. The van der Waals surface area contributed by atoms with Crippen LogP contribution in [0.1, 0.15) is 35.4 Å². The van der Waals surface area contributed by atoms with Crippen molar-refractivity contribution < 1.29 is 13.9 Å². The molecule has 28 heavy (non-hydrogen) atoms. The zero-order valence-electron chi connectivity index (χ0n) is 15.7. The zero-order chi connectivity index (χ0) is 19.7. The number of rotatable bonds is 5. The first-order valence-electron chi connectivity index (χ1n) is 9.18. The van der Waals surface area contributed by atoms with Crippen LogP contribution < -0.4 is 15.4 Å². The van der Waals surface area contributed by atoms with Crippen LogP contribution in [0.25, 0.3) is 10.2 Å². The number of aromatic nitrogens is 2. The number of carbonyl (C=O) groups is 1. The van der Waals surface area contributed by atoms with Crippen LogP contribution in [0.3, 0.4) is 0 Å². The van der Waals surface area contributed by atoms with Gasteiger partial charge in [-0.25, -0.2) is 14.4 Å². The molecule has 1 saturated carbocycles. The number of halogens is 1. The standard InChI is InChI=1S/C20H21FN4O2S/c1-11-6-9-16(27-2)18(22-11)19(26)23-13-4-3-5-14(13)24-20-25-15-8-7-12(21)10-17(15)28-20/h6-10,13-14H,3-5H2,1-2H3,(H,23,26)(H,24,25)/t13?,14-/m0/s1. The molecule has 146 valence electrons. The number of amides is 1. The predicted octanol–water partition coefficient (Wildman–Crippen LogP) is 3.91. The third-order valence-electron chi connectivity index (χ3n) is 4.92. The van der Waals surface area contributed by atoms with Gasteiger partial charge in [-0.2, -0.15) is 0 Å². The van der Waals surface area contributed by atoms with Gasteiger partial charge >= 0.3 is 0 Å². The van der Waals surface area contributed by atoms with E-state index in [0.29, 0.717) is 11.4 Å². The van der Waals surface area contributed by atoms with Crippen molar-refractivity contribution in [1.82, 2.24) is 15.3 Å². The number of nitrogens with one attached hydrogen (secondary N) is 2. The van der Waals surface area contributed by atoms with Crippen LogP contribution in [0.15, 0.2) is 30.3 Å². The van der Waals surface area contributed by atoms with E-state index in [4.69, 9.17) is 4.74 Å². The molecule has 4 rings (SSSR count). The number of ether oxygens (including phenoxy) is 1. The Morgan fingerprint density at radius 3 is 2.86 bits per heavy atom. The number of nitrogens with zero attached hydrogens (tertiary/aromatic N) is 2. The lowest BCUT2D eigenvalue weighted by Gasteiger charge is -2.22. The van der Waals surface area contributed by atoms with Crippen LogP contribution in [0.4, 0.5) is 9.52 Å². The van der Waals surface area contributed by atoms with E-state index in [1.807, 2.05) is 13.0 Å². The molecule has 0 radical (unpaired) electrons. The molecule has 6 nitrogen and oxygen atoms in total. The molecular weight excluding hydrogens is 379 g/mol. The van der Waals surface area contributed by atoms with E-state index in [0.717, 1.165) is 40.3 Å². The molecule has 1 fully saturated rings. The summed E-state index contributed by atoms with van der Waals surface area (Å²) in [5, 5.41) is 7.23. The zero-order valence-corrected chi connectivity index (χ0v) is 16.5. The van der Waals surface area contributed by atoms with E-state index in [-0.39, 0.29) is 23.8 Å². The molecule has 1 aliphatic carbocycles. The first kappa shape index (κ1) is 18.6. The van der Waals surface area contributed by atoms with Crippen molar-refractivity contribution in [3.05, 3.63) is 47.5 Å². The summed E-state index contributed by atoms with van der Waals surface area (Å²) in [5.74, 6) is -0.0577. The number of pyridine rings is 1. The summed E-state index contributed by atoms with van der Waals surface area (Å²) >= 11 is 1.42. The van der Waals surface area contributed by atoms with Crippen LogP contribution in [0, 0.1) is 12.7 Å². The molecule has 3 aromatic rings. The maximum absolute atomic E-state index is 13.4. The topological polar surface area (TPSA) is 76.1 Å². The molecule has 8 heteroatoms. The average Bonchev–Trinajstić information content (AvgIpc) is 3.27. The van der Waals surface area contributed by atoms with Crippen molar-refractivity contribution in [2.24, 2.45) is 0 Å². The minimum absolute atomic E-state index is 0.0386. The largest absolute Gasteiger partial charge is 0.494 e. The Kier molecular flexibility index (Phi) is 5.13. The third kappa shape index (κ3) is 3.77. The van der Waals surface area contributed by atoms with Crippen molar-refractivity contribution in [2.45, 2.75) is 38.3 Å². The highest BCUT2D eigenvalue weighted by Crippen LogP contribution is 2.30. The van der Waals surface area contributed by atoms with Gasteiger partial charge in [0, 0.05) is 17.8 Å². The molecule has 0 aliphatic heterocycles. The quantitative estimate of drug-likeness (QED) is 0.679. The Bertz CT molecular complexity index is 1020. The second kappa shape index (κ2) is 7.71. The molecule has 0 bridgehead atoms. The van der Waals surface area contributed by atoms with Crippen molar-refractivity contribution in [2.75, 3.05) is 12.4 Å². The first-order chi connectivity index (χ1) is 13.5. The Labute approximate surface area is 166 Å². The highest BCUT2D eigenvalue weighted by atomic mass is 32.1. The van der Waals surface area contributed by atoms with E-state index in [2.05, 4.69) is 20.6 Å². The molecular formula is C20H21FN4O2S. The smallest absolute Gasteiger partial charge is 0.274 e.